The number of amidine groups is 1. The number of aliphatic imine (C=N–C) groups is 1. The molecule has 1 N–H and O–H groups in total. The Labute approximate surface area is 254 Å². The summed E-state index contributed by atoms with van der Waals surface area (Å²) in [5.74, 6) is 0.0454. The average molecular weight is 627 g/mol. The van der Waals surface area contributed by atoms with Gasteiger partial charge in [-0.2, -0.15) is 4.99 Å². The maximum atomic E-state index is 14.8. The molecule has 9 nitrogen and oxygen atoms in total. The van der Waals surface area contributed by atoms with Crippen molar-refractivity contribution in [2.24, 2.45) is 4.99 Å². The number of alkyl halides is 4. The van der Waals surface area contributed by atoms with E-state index in [-0.39, 0.29) is 34.9 Å². The number of hydrogen-bond acceptors (Lipinski definition) is 6. The molecule has 3 amide bonds. The van der Waals surface area contributed by atoms with Crippen LogP contribution in [0.15, 0.2) is 84.1 Å². The fourth-order valence-electron chi connectivity index (χ4n) is 4.48. The van der Waals surface area contributed by atoms with E-state index < -0.39 is 18.7 Å². The zero-order valence-corrected chi connectivity index (χ0v) is 24.3. The Kier molecular flexibility index (Phi) is 8.99. The number of amides is 3. The Morgan fingerprint density at radius 1 is 1.07 bits per heavy atom. The van der Waals surface area contributed by atoms with Crippen molar-refractivity contribution in [1.82, 2.24) is 20.1 Å². The number of rotatable bonds is 8. The Hall–Kier alpha value is -4.72. The number of benzene rings is 3. The molecule has 2 heterocycles. The molecule has 1 atom stereocenters. The van der Waals surface area contributed by atoms with E-state index in [1.807, 2.05) is 26.0 Å². The van der Waals surface area contributed by atoms with Crippen LogP contribution in [0.4, 0.5) is 28.0 Å². The number of anilines is 1. The van der Waals surface area contributed by atoms with Gasteiger partial charge in [0.2, 0.25) is 5.91 Å². The minimum absolute atomic E-state index is 0.125. The smallest absolute Gasteiger partial charge is 0.406 e. The lowest BCUT2D eigenvalue weighted by Crippen LogP contribution is -2.34. The standard InChI is InChI=1S/C30H26F4N6O3S/c1-18(2)23-5-3-4-6-24(23)40-26(41)16-44-29(40)37-28(42)36-25(31)15-19-7-9-20(10-8-19)27-35-17-39(38-27)21-11-13-22(14-12-21)43-30(32,33)34/h3-14,17-18,25H,15-16H2,1-2H3,(H,36,42)/b37-29-. The van der Waals surface area contributed by atoms with Crippen LogP contribution in [0, 0.1) is 0 Å². The van der Waals surface area contributed by atoms with Gasteiger partial charge in [0.1, 0.15) is 12.1 Å². The number of para-hydroxylation sites is 1. The van der Waals surface area contributed by atoms with Gasteiger partial charge in [-0.3, -0.25) is 9.69 Å². The van der Waals surface area contributed by atoms with Crippen LogP contribution in [-0.4, -0.2) is 50.3 Å². The van der Waals surface area contributed by atoms with E-state index in [1.54, 1.807) is 36.4 Å². The van der Waals surface area contributed by atoms with E-state index in [0.29, 0.717) is 28.3 Å². The number of ether oxygens (including phenoxy) is 1. The highest BCUT2D eigenvalue weighted by atomic mass is 32.2. The SMILES string of the molecule is CC(C)c1ccccc1N1C(=O)CS/C1=N\C(=O)NC(F)Cc1ccc(-c2ncn(-c3ccc(OC(F)(F)F)cc3)n2)cc1. The molecule has 1 unspecified atom stereocenters. The summed E-state index contributed by atoms with van der Waals surface area (Å²) in [4.78, 5) is 34.8. The first-order chi connectivity index (χ1) is 21.0. The molecule has 1 saturated heterocycles. The molecular formula is C30H26F4N6O3S. The van der Waals surface area contributed by atoms with Crippen LogP contribution in [0.5, 0.6) is 5.75 Å². The first kappa shape index (κ1) is 30.7. The summed E-state index contributed by atoms with van der Waals surface area (Å²) in [5, 5.41) is 6.76. The highest BCUT2D eigenvalue weighted by Crippen LogP contribution is 2.33. The predicted octanol–water partition coefficient (Wildman–Crippen LogP) is 6.64. The summed E-state index contributed by atoms with van der Waals surface area (Å²) >= 11 is 1.12. The van der Waals surface area contributed by atoms with Gasteiger partial charge in [0.05, 0.1) is 17.1 Å². The Morgan fingerprint density at radius 2 is 1.77 bits per heavy atom. The van der Waals surface area contributed by atoms with Gasteiger partial charge in [-0.25, -0.2) is 18.9 Å². The molecule has 1 aliphatic rings. The van der Waals surface area contributed by atoms with Crippen LogP contribution in [0.3, 0.4) is 0 Å². The molecule has 0 spiro atoms. The van der Waals surface area contributed by atoms with Crippen molar-refractivity contribution < 1.29 is 31.9 Å². The molecule has 4 aromatic rings. The fourth-order valence-corrected chi connectivity index (χ4v) is 5.34. The minimum Gasteiger partial charge on any atom is -0.406 e. The number of nitrogens with one attached hydrogen (secondary N) is 1. The number of urea groups is 1. The van der Waals surface area contributed by atoms with Crippen LogP contribution >= 0.6 is 11.8 Å². The van der Waals surface area contributed by atoms with E-state index in [1.165, 1.54) is 40.2 Å². The van der Waals surface area contributed by atoms with Gasteiger partial charge in [-0.15, -0.1) is 18.3 Å². The zero-order valence-electron chi connectivity index (χ0n) is 23.5. The molecule has 1 fully saturated rings. The van der Waals surface area contributed by atoms with Crippen molar-refractivity contribution in [2.45, 2.75) is 38.8 Å². The number of carbonyl (C=O) groups is 2. The van der Waals surface area contributed by atoms with Crippen LogP contribution < -0.4 is 15.0 Å². The Morgan fingerprint density at radius 3 is 2.45 bits per heavy atom. The summed E-state index contributed by atoms with van der Waals surface area (Å²) in [7, 11) is 0. The molecule has 3 aromatic carbocycles. The van der Waals surface area contributed by atoms with Gasteiger partial charge < -0.3 is 10.1 Å². The van der Waals surface area contributed by atoms with Crippen molar-refractivity contribution in [2.75, 3.05) is 10.7 Å². The summed E-state index contributed by atoms with van der Waals surface area (Å²) in [6, 6.07) is 18.4. The third-order valence-corrected chi connectivity index (χ3v) is 7.42. The van der Waals surface area contributed by atoms with Gasteiger partial charge in [0.25, 0.3) is 0 Å². The maximum Gasteiger partial charge on any atom is 0.573 e. The first-order valence-corrected chi connectivity index (χ1v) is 14.4. The molecule has 228 valence electrons. The second kappa shape index (κ2) is 12.9. The van der Waals surface area contributed by atoms with Gasteiger partial charge in [-0.1, -0.05) is 68.1 Å². The van der Waals surface area contributed by atoms with E-state index in [9.17, 15) is 27.2 Å². The van der Waals surface area contributed by atoms with Crippen molar-refractivity contribution in [3.63, 3.8) is 0 Å². The van der Waals surface area contributed by atoms with Gasteiger partial charge in [-0.05, 0) is 47.4 Å². The van der Waals surface area contributed by atoms with Gasteiger partial charge in [0, 0.05) is 12.0 Å². The summed E-state index contributed by atoms with van der Waals surface area (Å²) in [6.07, 6.45) is -5.24. The number of hydrogen-bond donors (Lipinski definition) is 1. The predicted molar refractivity (Wildman–Crippen MR) is 159 cm³/mol. The molecule has 5 rings (SSSR count). The average Bonchev–Trinajstić information content (AvgIpc) is 3.60. The molecule has 44 heavy (non-hydrogen) atoms. The molecule has 14 heteroatoms. The van der Waals surface area contributed by atoms with Crippen molar-refractivity contribution in [3.8, 4) is 22.8 Å². The van der Waals surface area contributed by atoms with E-state index in [0.717, 1.165) is 17.3 Å². The lowest BCUT2D eigenvalue weighted by Gasteiger charge is -2.21. The third kappa shape index (κ3) is 7.43. The lowest BCUT2D eigenvalue weighted by atomic mass is 10.0. The molecule has 0 radical (unpaired) electrons. The first-order valence-electron chi connectivity index (χ1n) is 13.4. The number of aromatic nitrogens is 3. The molecular weight excluding hydrogens is 600 g/mol. The number of halogens is 4. The molecule has 0 saturated carbocycles. The topological polar surface area (TPSA) is 102 Å². The van der Waals surface area contributed by atoms with Crippen molar-refractivity contribution in [1.29, 1.82) is 0 Å². The molecule has 0 bridgehead atoms. The molecule has 0 aliphatic carbocycles. The van der Waals surface area contributed by atoms with Crippen molar-refractivity contribution >= 4 is 34.6 Å². The van der Waals surface area contributed by atoms with Gasteiger partial charge >= 0.3 is 12.4 Å². The lowest BCUT2D eigenvalue weighted by molar-refractivity contribution is -0.274. The van der Waals surface area contributed by atoms with E-state index >= 15 is 0 Å². The van der Waals surface area contributed by atoms with Crippen molar-refractivity contribution in [3.05, 3.63) is 90.3 Å². The van der Waals surface area contributed by atoms with Crippen LogP contribution in [0.2, 0.25) is 0 Å². The monoisotopic (exact) mass is 626 g/mol. The largest absolute Gasteiger partial charge is 0.573 e. The second-order valence-corrected chi connectivity index (χ2v) is 10.9. The molecule has 1 aliphatic heterocycles. The number of carbonyl (C=O) groups excluding carboxylic acids is 2. The van der Waals surface area contributed by atoms with Crippen LogP contribution in [0.25, 0.3) is 17.1 Å². The summed E-state index contributed by atoms with van der Waals surface area (Å²) in [6.45, 7) is 4.00. The fraction of sp³-hybridized carbons (Fsp3) is 0.233. The number of nitrogens with zero attached hydrogens (tertiary/aromatic N) is 5. The Balaban J connectivity index is 1.19. The highest BCUT2D eigenvalue weighted by molar-refractivity contribution is 8.15. The Bertz CT molecular complexity index is 1670. The maximum absolute atomic E-state index is 14.8. The normalized spacial score (nSPS) is 15.2. The third-order valence-electron chi connectivity index (χ3n) is 6.50. The highest BCUT2D eigenvalue weighted by Gasteiger charge is 2.33. The second-order valence-electron chi connectivity index (χ2n) is 10.00. The van der Waals surface area contributed by atoms with E-state index in [2.05, 4.69) is 25.1 Å². The van der Waals surface area contributed by atoms with Crippen LogP contribution in [-0.2, 0) is 11.2 Å². The van der Waals surface area contributed by atoms with Gasteiger partial charge in [0.15, 0.2) is 17.3 Å². The zero-order chi connectivity index (χ0) is 31.4. The minimum atomic E-state index is -4.78. The quantitative estimate of drug-likeness (QED) is 0.174. The number of thioether (sulfide) groups is 1. The summed E-state index contributed by atoms with van der Waals surface area (Å²) < 4.78 is 57.3. The van der Waals surface area contributed by atoms with E-state index in [4.69, 9.17) is 0 Å². The molecule has 1 aromatic heterocycles. The summed E-state index contributed by atoms with van der Waals surface area (Å²) in [5.41, 5.74) is 3.27. The van der Waals surface area contributed by atoms with Crippen LogP contribution in [0.1, 0.15) is 30.9 Å².